The minimum absolute atomic E-state index is 0.0310. The Morgan fingerprint density at radius 2 is 1.44 bits per heavy atom. The first kappa shape index (κ1) is 32.3. The lowest BCUT2D eigenvalue weighted by atomic mass is 9.96. The van der Waals surface area contributed by atoms with Gasteiger partial charge < -0.3 is 24.6 Å². The number of carbonyl (C=O) groups excluding carboxylic acids is 4. The van der Waals surface area contributed by atoms with Crippen LogP contribution in [0.1, 0.15) is 68.2 Å². The van der Waals surface area contributed by atoms with Gasteiger partial charge in [0.1, 0.15) is 23.8 Å². The first-order valence-electron chi connectivity index (χ1n) is 13.2. The van der Waals surface area contributed by atoms with Crippen LogP contribution in [0.3, 0.4) is 0 Å². The van der Waals surface area contributed by atoms with Crippen molar-refractivity contribution in [3.8, 4) is 11.5 Å². The van der Waals surface area contributed by atoms with Gasteiger partial charge >= 0.3 is 0 Å². The highest BCUT2D eigenvalue weighted by atomic mass is 31.2. The fraction of sp³-hybridized carbons (Fsp3) is 0.630. The van der Waals surface area contributed by atoms with Crippen LogP contribution in [0.25, 0.3) is 0 Å². The predicted molar refractivity (Wildman–Crippen MR) is 147 cm³/mol. The van der Waals surface area contributed by atoms with E-state index in [1.807, 2.05) is 27.7 Å². The molecular weight excluding hydrogens is 525 g/mol. The van der Waals surface area contributed by atoms with E-state index in [0.717, 1.165) is 4.90 Å². The summed E-state index contributed by atoms with van der Waals surface area (Å²) in [6.07, 6.45) is 0.0946. The maximum Gasteiger partial charge on any atom is 0.265 e. The van der Waals surface area contributed by atoms with E-state index >= 15 is 0 Å². The molecule has 0 bridgehead atoms. The van der Waals surface area contributed by atoms with E-state index in [-0.39, 0.29) is 53.1 Å². The highest BCUT2D eigenvalue weighted by Gasteiger charge is 2.45. The summed E-state index contributed by atoms with van der Waals surface area (Å²) in [6, 6.07) is 2.30. The second-order valence-electron chi connectivity index (χ2n) is 10.4. The molecule has 0 spiro atoms. The highest BCUT2D eigenvalue weighted by molar-refractivity contribution is 7.59. The molecule has 1 aliphatic heterocycles. The number of likely N-dealkylation sites (N-methyl/N-ethyl adjacent to an activating group) is 1. The molecule has 0 fully saturated rings. The quantitative estimate of drug-likeness (QED) is 0.242. The Morgan fingerprint density at radius 3 is 1.85 bits per heavy atom. The number of imide groups is 1. The largest absolute Gasteiger partial charge is 0.496 e. The molecule has 218 valence electrons. The molecule has 3 atom stereocenters. The molecule has 0 aromatic heterocycles. The van der Waals surface area contributed by atoms with Crippen LogP contribution in [-0.4, -0.2) is 74.9 Å². The van der Waals surface area contributed by atoms with Gasteiger partial charge in [0.05, 0.1) is 32.0 Å². The Kier molecular flexibility index (Phi) is 11.5. The molecular formula is C27H42N3O8P. The van der Waals surface area contributed by atoms with Crippen molar-refractivity contribution in [1.82, 2.24) is 15.5 Å². The van der Waals surface area contributed by atoms with E-state index in [2.05, 4.69) is 10.6 Å². The second kappa shape index (κ2) is 13.9. The number of rotatable bonds is 15. The van der Waals surface area contributed by atoms with Gasteiger partial charge in [0.15, 0.2) is 0 Å². The number of methoxy groups -OCH3 is 2. The fourth-order valence-electron chi connectivity index (χ4n) is 4.76. The molecule has 0 saturated carbocycles. The average molecular weight is 568 g/mol. The number of carbonyl (C=O) groups is 4. The van der Waals surface area contributed by atoms with Crippen LogP contribution < -0.4 is 20.1 Å². The van der Waals surface area contributed by atoms with E-state index in [1.165, 1.54) is 33.4 Å². The van der Waals surface area contributed by atoms with Crippen molar-refractivity contribution in [3.63, 3.8) is 0 Å². The van der Waals surface area contributed by atoms with Gasteiger partial charge in [0.25, 0.3) is 11.8 Å². The Morgan fingerprint density at radius 1 is 0.923 bits per heavy atom. The van der Waals surface area contributed by atoms with Crippen LogP contribution in [0.15, 0.2) is 12.1 Å². The van der Waals surface area contributed by atoms with Gasteiger partial charge in [-0.05, 0) is 43.7 Å². The lowest BCUT2D eigenvalue weighted by Crippen LogP contribution is -2.49. The van der Waals surface area contributed by atoms with Crippen LogP contribution in [0, 0.1) is 17.8 Å². The van der Waals surface area contributed by atoms with Crippen molar-refractivity contribution in [2.75, 3.05) is 40.3 Å². The molecule has 0 aliphatic carbocycles. The molecule has 1 heterocycles. The van der Waals surface area contributed by atoms with Crippen molar-refractivity contribution in [2.45, 2.75) is 53.5 Å². The maximum absolute atomic E-state index is 14.2. The van der Waals surface area contributed by atoms with Crippen molar-refractivity contribution < 1.29 is 37.7 Å². The van der Waals surface area contributed by atoms with Gasteiger partial charge in [-0.15, -0.1) is 0 Å². The van der Waals surface area contributed by atoms with Crippen molar-refractivity contribution in [2.24, 2.45) is 17.8 Å². The second-order valence-corrected chi connectivity index (χ2v) is 13.0. The topological polar surface area (TPSA) is 140 Å². The van der Waals surface area contributed by atoms with Gasteiger partial charge in [0, 0.05) is 19.1 Å². The Hall–Kier alpha value is -2.91. The molecule has 1 aromatic carbocycles. The van der Waals surface area contributed by atoms with E-state index in [1.54, 1.807) is 6.92 Å². The van der Waals surface area contributed by atoms with Crippen molar-refractivity contribution in [1.29, 1.82) is 0 Å². The molecule has 2 rings (SSSR count). The van der Waals surface area contributed by atoms with E-state index in [4.69, 9.17) is 14.0 Å². The molecule has 0 radical (unpaired) electrons. The lowest BCUT2D eigenvalue weighted by Gasteiger charge is -2.28. The Bertz CT molecular complexity index is 1080. The molecule has 39 heavy (non-hydrogen) atoms. The first-order valence-corrected chi connectivity index (χ1v) is 15.2. The van der Waals surface area contributed by atoms with E-state index in [0.29, 0.717) is 12.8 Å². The van der Waals surface area contributed by atoms with Crippen molar-refractivity contribution >= 4 is 31.0 Å². The average Bonchev–Trinajstić information content (AvgIpc) is 3.11. The first-order chi connectivity index (χ1) is 18.3. The van der Waals surface area contributed by atoms with Crippen LogP contribution in [0.4, 0.5) is 0 Å². The zero-order valence-electron chi connectivity index (χ0n) is 24.2. The van der Waals surface area contributed by atoms with E-state index < -0.39 is 43.3 Å². The summed E-state index contributed by atoms with van der Waals surface area (Å²) in [5, 5.41) is 5.39. The summed E-state index contributed by atoms with van der Waals surface area (Å²) in [7, 11) is 0.523. The number of fused-ring (bicyclic) bond motifs is 1. The minimum atomic E-state index is -3.75. The summed E-state index contributed by atoms with van der Waals surface area (Å²) in [4.78, 5) is 53.5. The molecule has 11 nitrogen and oxygen atoms in total. The predicted octanol–water partition coefficient (Wildman–Crippen LogP) is 3.51. The maximum atomic E-state index is 14.2. The van der Waals surface area contributed by atoms with Gasteiger partial charge in [-0.2, -0.15) is 0 Å². The number of hydrogen-bond acceptors (Lipinski definition) is 8. The van der Waals surface area contributed by atoms with Gasteiger partial charge in [-0.25, -0.2) is 0 Å². The molecule has 2 N–H and O–H groups in total. The third-order valence-corrected chi connectivity index (χ3v) is 8.86. The summed E-state index contributed by atoms with van der Waals surface area (Å²) < 4.78 is 30.5. The summed E-state index contributed by atoms with van der Waals surface area (Å²) in [5.74, 6) is -2.27. The minimum Gasteiger partial charge on any atom is -0.496 e. The monoisotopic (exact) mass is 567 g/mol. The summed E-state index contributed by atoms with van der Waals surface area (Å²) in [5.41, 5.74) is 0.0620. The summed E-state index contributed by atoms with van der Waals surface area (Å²) >= 11 is 0. The van der Waals surface area contributed by atoms with Crippen LogP contribution >= 0.6 is 7.37 Å². The third-order valence-electron chi connectivity index (χ3n) is 6.42. The zero-order chi connectivity index (χ0) is 29.5. The summed E-state index contributed by atoms with van der Waals surface area (Å²) in [6.45, 7) is 9.46. The van der Waals surface area contributed by atoms with Gasteiger partial charge in [-0.3, -0.25) is 28.6 Å². The standard InChI is InChI=1S/C27H42N3O8P/c1-9-38-39(35,14-18(12-16(2)3)24(31)29-19(13-17(4)5)25(32)28-6)15-30-26(33)22-20(36-7)10-11-21(37-8)23(22)27(30)34/h10-11,16-19H,9,12-15H2,1-8H3,(H,28,32)(H,29,31)/t18-,19+,39?/m1/s1. The number of amides is 4. The number of nitrogens with zero attached hydrogens (tertiary/aromatic N) is 1. The third kappa shape index (κ3) is 7.82. The zero-order valence-corrected chi connectivity index (χ0v) is 25.1. The fourth-order valence-corrected chi connectivity index (χ4v) is 7.21. The Labute approximate surface area is 230 Å². The smallest absolute Gasteiger partial charge is 0.265 e. The molecule has 0 saturated heterocycles. The van der Waals surface area contributed by atoms with Crippen LogP contribution in [0.5, 0.6) is 11.5 Å². The number of nitrogens with one attached hydrogen (secondary N) is 2. The normalized spacial score (nSPS) is 16.1. The Balaban J connectivity index is 2.38. The number of hydrogen-bond donors (Lipinski definition) is 2. The molecule has 1 aromatic rings. The number of benzene rings is 1. The van der Waals surface area contributed by atoms with Crippen molar-refractivity contribution in [3.05, 3.63) is 23.3 Å². The van der Waals surface area contributed by atoms with E-state index in [9.17, 15) is 23.7 Å². The SMILES string of the molecule is CCOP(=O)(C[C@@H](CC(C)C)C(=O)N[C@@H](CC(C)C)C(=O)NC)CN1C(=O)c2c(OC)ccc(OC)c2C1=O. The molecule has 1 unspecified atom stereocenters. The van der Waals surface area contributed by atoms with Gasteiger partial charge in [0.2, 0.25) is 19.2 Å². The highest BCUT2D eigenvalue weighted by Crippen LogP contribution is 2.52. The van der Waals surface area contributed by atoms with Crippen LogP contribution in [0.2, 0.25) is 0 Å². The molecule has 4 amide bonds. The lowest BCUT2D eigenvalue weighted by molar-refractivity contribution is -0.131. The molecule has 12 heteroatoms. The van der Waals surface area contributed by atoms with Crippen LogP contribution in [-0.2, 0) is 18.7 Å². The number of ether oxygens (including phenoxy) is 2. The molecule has 1 aliphatic rings. The van der Waals surface area contributed by atoms with Gasteiger partial charge in [-0.1, -0.05) is 27.7 Å².